The molecule has 1 N–H and O–H groups in total. The standard InChI is InChI=1S/C17H21NO3S/c1-4-21-16-10-13(2)14(3)11-17(16)22(19,20)18-12-15-8-6-5-7-9-15/h5-11,18H,4,12H2,1-3H3. The molecular weight excluding hydrogens is 298 g/mol. The summed E-state index contributed by atoms with van der Waals surface area (Å²) in [6.07, 6.45) is 0. The third-order valence-corrected chi connectivity index (χ3v) is 4.88. The van der Waals surface area contributed by atoms with Gasteiger partial charge in [-0.15, -0.1) is 0 Å². The van der Waals surface area contributed by atoms with Gasteiger partial charge in [0.1, 0.15) is 10.6 Å². The van der Waals surface area contributed by atoms with Gasteiger partial charge in [0.05, 0.1) is 6.61 Å². The SMILES string of the molecule is CCOc1cc(C)c(C)cc1S(=O)(=O)NCc1ccccc1. The monoisotopic (exact) mass is 319 g/mol. The third kappa shape index (κ3) is 3.87. The molecule has 0 aliphatic heterocycles. The second-order valence-corrected chi connectivity index (χ2v) is 6.86. The molecule has 2 aromatic carbocycles. The number of nitrogens with one attached hydrogen (secondary N) is 1. The van der Waals surface area contributed by atoms with Gasteiger partial charge in [0.15, 0.2) is 0 Å². The molecule has 0 heterocycles. The molecule has 0 unspecified atom stereocenters. The lowest BCUT2D eigenvalue weighted by Crippen LogP contribution is -2.24. The molecule has 0 aliphatic rings. The summed E-state index contributed by atoms with van der Waals surface area (Å²) in [4.78, 5) is 0.188. The normalized spacial score (nSPS) is 11.4. The maximum atomic E-state index is 12.6. The molecule has 118 valence electrons. The average molecular weight is 319 g/mol. The summed E-state index contributed by atoms with van der Waals surface area (Å²) >= 11 is 0. The highest BCUT2D eigenvalue weighted by molar-refractivity contribution is 7.89. The Labute approximate surface area is 132 Å². The Balaban J connectivity index is 2.30. The zero-order valence-corrected chi connectivity index (χ0v) is 13.9. The molecule has 0 aromatic heterocycles. The number of benzene rings is 2. The highest BCUT2D eigenvalue weighted by Gasteiger charge is 2.20. The van der Waals surface area contributed by atoms with Crippen molar-refractivity contribution in [2.75, 3.05) is 6.61 Å². The zero-order chi connectivity index (χ0) is 16.2. The van der Waals surface area contributed by atoms with E-state index in [1.165, 1.54) is 0 Å². The van der Waals surface area contributed by atoms with Crippen LogP contribution < -0.4 is 9.46 Å². The summed E-state index contributed by atoms with van der Waals surface area (Å²) in [6, 6.07) is 12.9. The van der Waals surface area contributed by atoms with Gasteiger partial charge in [-0.1, -0.05) is 30.3 Å². The van der Waals surface area contributed by atoms with E-state index in [-0.39, 0.29) is 11.4 Å². The predicted octanol–water partition coefficient (Wildman–Crippen LogP) is 3.18. The van der Waals surface area contributed by atoms with E-state index in [0.717, 1.165) is 16.7 Å². The van der Waals surface area contributed by atoms with E-state index >= 15 is 0 Å². The summed E-state index contributed by atoms with van der Waals surface area (Å²) in [6.45, 7) is 6.33. The molecule has 0 bridgehead atoms. The maximum absolute atomic E-state index is 12.6. The number of hydrogen-bond acceptors (Lipinski definition) is 3. The lowest BCUT2D eigenvalue weighted by atomic mass is 10.1. The van der Waals surface area contributed by atoms with Crippen LogP contribution in [0.3, 0.4) is 0 Å². The Morgan fingerprint density at radius 2 is 1.68 bits per heavy atom. The fourth-order valence-corrected chi connectivity index (χ4v) is 3.32. The highest BCUT2D eigenvalue weighted by Crippen LogP contribution is 2.27. The molecule has 0 saturated heterocycles. The van der Waals surface area contributed by atoms with Crippen LogP contribution in [0.4, 0.5) is 0 Å². The molecule has 5 heteroatoms. The molecule has 0 amide bonds. The first-order chi connectivity index (χ1) is 10.4. The molecule has 0 aliphatic carbocycles. The molecule has 0 fully saturated rings. The summed E-state index contributed by atoms with van der Waals surface area (Å²) in [5, 5.41) is 0. The molecule has 2 rings (SSSR count). The van der Waals surface area contributed by atoms with Crippen LogP contribution in [0, 0.1) is 13.8 Å². The van der Waals surface area contributed by atoms with E-state index in [1.807, 2.05) is 51.1 Å². The molecule has 0 saturated carbocycles. The highest BCUT2D eigenvalue weighted by atomic mass is 32.2. The number of rotatable bonds is 6. The molecule has 4 nitrogen and oxygen atoms in total. The Morgan fingerprint density at radius 3 is 2.32 bits per heavy atom. The topological polar surface area (TPSA) is 55.4 Å². The van der Waals surface area contributed by atoms with Gasteiger partial charge in [-0.3, -0.25) is 0 Å². The molecule has 0 radical (unpaired) electrons. The first-order valence-corrected chi connectivity index (χ1v) is 8.70. The second-order valence-electron chi connectivity index (χ2n) is 5.13. The Morgan fingerprint density at radius 1 is 1.05 bits per heavy atom. The molecule has 0 atom stereocenters. The van der Waals surface area contributed by atoms with Crippen molar-refractivity contribution < 1.29 is 13.2 Å². The maximum Gasteiger partial charge on any atom is 0.244 e. The van der Waals surface area contributed by atoms with Crippen molar-refractivity contribution in [3.63, 3.8) is 0 Å². The number of sulfonamides is 1. The first-order valence-electron chi connectivity index (χ1n) is 7.21. The fourth-order valence-electron chi connectivity index (χ4n) is 2.09. The number of ether oxygens (including phenoxy) is 1. The smallest absolute Gasteiger partial charge is 0.244 e. The van der Waals surface area contributed by atoms with E-state index in [2.05, 4.69) is 4.72 Å². The first kappa shape index (κ1) is 16.5. The molecular formula is C17H21NO3S. The molecule has 0 spiro atoms. The average Bonchev–Trinajstić information content (AvgIpc) is 2.50. The van der Waals surface area contributed by atoms with Gasteiger partial charge in [0.25, 0.3) is 0 Å². The van der Waals surface area contributed by atoms with Crippen molar-refractivity contribution in [1.82, 2.24) is 4.72 Å². The van der Waals surface area contributed by atoms with Gasteiger partial charge in [0.2, 0.25) is 10.0 Å². The number of hydrogen-bond donors (Lipinski definition) is 1. The van der Waals surface area contributed by atoms with Crippen LogP contribution in [-0.4, -0.2) is 15.0 Å². The minimum Gasteiger partial charge on any atom is -0.492 e. The Kier molecular flexibility index (Phi) is 5.21. The third-order valence-electron chi connectivity index (χ3n) is 3.46. The van der Waals surface area contributed by atoms with Crippen molar-refractivity contribution in [1.29, 1.82) is 0 Å². The molecule has 2 aromatic rings. The van der Waals surface area contributed by atoms with E-state index < -0.39 is 10.0 Å². The quantitative estimate of drug-likeness (QED) is 0.889. The van der Waals surface area contributed by atoms with Crippen molar-refractivity contribution in [3.05, 3.63) is 59.2 Å². The van der Waals surface area contributed by atoms with Crippen LogP contribution in [0.15, 0.2) is 47.4 Å². The second kappa shape index (κ2) is 6.94. The summed E-state index contributed by atoms with van der Waals surface area (Å²) in [5.41, 5.74) is 2.84. The Bertz CT molecular complexity index is 740. The van der Waals surface area contributed by atoms with Gasteiger partial charge in [0, 0.05) is 6.54 Å². The van der Waals surface area contributed by atoms with E-state index in [1.54, 1.807) is 12.1 Å². The van der Waals surface area contributed by atoms with Gasteiger partial charge in [-0.2, -0.15) is 0 Å². The fraction of sp³-hybridized carbons (Fsp3) is 0.294. The lowest BCUT2D eigenvalue weighted by Gasteiger charge is -2.14. The summed E-state index contributed by atoms with van der Waals surface area (Å²) in [5.74, 6) is 0.395. The minimum atomic E-state index is -3.63. The van der Waals surface area contributed by atoms with E-state index in [9.17, 15) is 8.42 Å². The van der Waals surface area contributed by atoms with Crippen LogP contribution in [0.25, 0.3) is 0 Å². The number of aryl methyl sites for hydroxylation is 2. The van der Waals surface area contributed by atoms with E-state index in [0.29, 0.717) is 12.4 Å². The van der Waals surface area contributed by atoms with Crippen molar-refractivity contribution >= 4 is 10.0 Å². The summed E-state index contributed by atoms with van der Waals surface area (Å²) in [7, 11) is -3.63. The van der Waals surface area contributed by atoms with Crippen LogP contribution in [0.2, 0.25) is 0 Å². The predicted molar refractivity (Wildman–Crippen MR) is 87.6 cm³/mol. The van der Waals surface area contributed by atoms with Gasteiger partial charge < -0.3 is 4.74 Å². The van der Waals surface area contributed by atoms with Gasteiger partial charge >= 0.3 is 0 Å². The van der Waals surface area contributed by atoms with Crippen molar-refractivity contribution in [3.8, 4) is 5.75 Å². The van der Waals surface area contributed by atoms with Crippen molar-refractivity contribution in [2.24, 2.45) is 0 Å². The van der Waals surface area contributed by atoms with Crippen LogP contribution in [0.5, 0.6) is 5.75 Å². The largest absolute Gasteiger partial charge is 0.492 e. The lowest BCUT2D eigenvalue weighted by molar-refractivity contribution is 0.330. The van der Waals surface area contributed by atoms with Crippen LogP contribution in [0.1, 0.15) is 23.6 Å². The minimum absolute atomic E-state index is 0.188. The van der Waals surface area contributed by atoms with Gasteiger partial charge in [-0.05, 0) is 49.6 Å². The molecule has 22 heavy (non-hydrogen) atoms. The van der Waals surface area contributed by atoms with Gasteiger partial charge in [-0.25, -0.2) is 13.1 Å². The Hall–Kier alpha value is -1.85. The van der Waals surface area contributed by atoms with Crippen LogP contribution in [-0.2, 0) is 16.6 Å². The van der Waals surface area contributed by atoms with E-state index in [4.69, 9.17) is 4.74 Å². The van der Waals surface area contributed by atoms with Crippen molar-refractivity contribution in [2.45, 2.75) is 32.2 Å². The summed E-state index contributed by atoms with van der Waals surface area (Å²) < 4.78 is 33.3. The zero-order valence-electron chi connectivity index (χ0n) is 13.1. The van der Waals surface area contributed by atoms with Crippen LogP contribution >= 0.6 is 0 Å².